The van der Waals surface area contributed by atoms with E-state index in [9.17, 15) is 4.79 Å². The van der Waals surface area contributed by atoms with Crippen molar-refractivity contribution in [2.24, 2.45) is 0 Å². The summed E-state index contributed by atoms with van der Waals surface area (Å²) < 4.78 is 2.40. The maximum Gasteiger partial charge on any atom is 0.246 e. The Morgan fingerprint density at radius 2 is 2.14 bits per heavy atom. The van der Waals surface area contributed by atoms with Crippen molar-refractivity contribution >= 4 is 33.2 Å². The highest BCUT2D eigenvalue weighted by Crippen LogP contribution is 2.24. The van der Waals surface area contributed by atoms with E-state index in [0.717, 1.165) is 29.0 Å². The Kier molecular flexibility index (Phi) is 4.95. The van der Waals surface area contributed by atoms with Crippen LogP contribution in [0.4, 0.5) is 11.4 Å². The van der Waals surface area contributed by atoms with Gasteiger partial charge in [0, 0.05) is 23.0 Å². The minimum absolute atomic E-state index is 0.146. The fourth-order valence-corrected chi connectivity index (χ4v) is 2.42. The molecule has 0 unspecified atom stereocenters. The quantitative estimate of drug-likeness (QED) is 0.809. The number of anilines is 2. The van der Waals surface area contributed by atoms with Crippen LogP contribution in [-0.4, -0.2) is 20.7 Å². The first kappa shape index (κ1) is 15.5. The number of carbonyl (C=O) groups is 1. The predicted octanol–water partition coefficient (Wildman–Crippen LogP) is 2.39. The van der Waals surface area contributed by atoms with Gasteiger partial charge >= 0.3 is 0 Å². The molecule has 112 valence electrons. The van der Waals surface area contributed by atoms with Crippen LogP contribution in [0.15, 0.2) is 22.7 Å². The molecular weight excluding hydrogens is 334 g/mol. The van der Waals surface area contributed by atoms with Gasteiger partial charge in [0.05, 0.1) is 5.69 Å². The average molecular weight is 352 g/mol. The van der Waals surface area contributed by atoms with E-state index >= 15 is 0 Å². The fraction of sp³-hybridized carbons (Fsp3) is 0.357. The maximum absolute atomic E-state index is 12.1. The molecule has 0 spiro atoms. The number of nitrogens with two attached hydrogens (primary N) is 1. The molecule has 21 heavy (non-hydrogen) atoms. The number of nitrogen functional groups attached to an aromatic ring is 1. The molecule has 1 amide bonds. The van der Waals surface area contributed by atoms with Gasteiger partial charge in [0.25, 0.3) is 0 Å². The van der Waals surface area contributed by atoms with E-state index in [0.29, 0.717) is 11.4 Å². The van der Waals surface area contributed by atoms with Gasteiger partial charge in [0.1, 0.15) is 12.4 Å². The van der Waals surface area contributed by atoms with Crippen LogP contribution < -0.4 is 11.1 Å². The van der Waals surface area contributed by atoms with Gasteiger partial charge in [-0.3, -0.25) is 4.79 Å². The molecule has 1 aromatic carbocycles. The molecule has 7 heteroatoms. The number of hydrogen-bond donors (Lipinski definition) is 2. The lowest BCUT2D eigenvalue weighted by Gasteiger charge is -2.09. The van der Waals surface area contributed by atoms with Crippen LogP contribution >= 0.6 is 15.9 Å². The second-order valence-corrected chi connectivity index (χ2v) is 5.45. The van der Waals surface area contributed by atoms with Crippen molar-refractivity contribution in [1.82, 2.24) is 14.8 Å². The van der Waals surface area contributed by atoms with Crippen molar-refractivity contribution in [3.05, 3.63) is 34.3 Å². The Bertz CT molecular complexity index is 653. The molecule has 0 aliphatic rings. The zero-order valence-electron chi connectivity index (χ0n) is 12.1. The molecule has 0 bridgehead atoms. The number of nitrogens with zero attached hydrogens (tertiary/aromatic N) is 3. The topological polar surface area (TPSA) is 85.8 Å². The third kappa shape index (κ3) is 3.81. The summed E-state index contributed by atoms with van der Waals surface area (Å²) in [5.74, 6) is 1.43. The smallest absolute Gasteiger partial charge is 0.246 e. The van der Waals surface area contributed by atoms with E-state index in [1.54, 1.807) is 22.9 Å². The van der Waals surface area contributed by atoms with Crippen LogP contribution in [0.3, 0.4) is 0 Å². The molecular formula is C14H18BrN5O. The normalized spacial score (nSPS) is 10.6. The largest absolute Gasteiger partial charge is 0.399 e. The third-order valence-electron chi connectivity index (χ3n) is 2.99. The number of aryl methyl sites for hydroxylation is 2. The number of nitrogens with one attached hydrogen (secondary N) is 1. The molecule has 0 atom stereocenters. The SMILES string of the molecule is CCc1nc(CC)n(CC(=O)Nc2ccc(N)cc2Br)n1. The lowest BCUT2D eigenvalue weighted by atomic mass is 10.3. The van der Waals surface area contributed by atoms with Crippen LogP contribution in [-0.2, 0) is 24.2 Å². The van der Waals surface area contributed by atoms with E-state index in [4.69, 9.17) is 5.73 Å². The Morgan fingerprint density at radius 1 is 1.38 bits per heavy atom. The van der Waals surface area contributed by atoms with E-state index in [2.05, 4.69) is 31.3 Å². The number of hydrogen-bond acceptors (Lipinski definition) is 4. The third-order valence-corrected chi connectivity index (χ3v) is 3.64. The summed E-state index contributed by atoms with van der Waals surface area (Å²) in [6.45, 7) is 4.13. The molecule has 1 heterocycles. The van der Waals surface area contributed by atoms with Crippen molar-refractivity contribution in [3.63, 3.8) is 0 Å². The fourth-order valence-electron chi connectivity index (χ4n) is 1.92. The first-order chi connectivity index (χ1) is 10.0. The van der Waals surface area contributed by atoms with Crippen molar-refractivity contribution in [1.29, 1.82) is 0 Å². The highest BCUT2D eigenvalue weighted by Gasteiger charge is 2.12. The number of benzene rings is 1. The van der Waals surface area contributed by atoms with Crippen molar-refractivity contribution < 1.29 is 4.79 Å². The number of carbonyl (C=O) groups excluding carboxylic acids is 1. The zero-order chi connectivity index (χ0) is 15.4. The second-order valence-electron chi connectivity index (χ2n) is 4.60. The van der Waals surface area contributed by atoms with E-state index in [1.807, 2.05) is 13.8 Å². The molecule has 2 aromatic rings. The van der Waals surface area contributed by atoms with Crippen LogP contribution in [0.2, 0.25) is 0 Å². The summed E-state index contributed by atoms with van der Waals surface area (Å²) in [6, 6.07) is 5.25. The van der Waals surface area contributed by atoms with Gasteiger partial charge in [0.15, 0.2) is 5.82 Å². The first-order valence-electron chi connectivity index (χ1n) is 6.81. The molecule has 0 aliphatic heterocycles. The summed E-state index contributed by atoms with van der Waals surface area (Å²) in [5.41, 5.74) is 6.99. The van der Waals surface area contributed by atoms with E-state index < -0.39 is 0 Å². The monoisotopic (exact) mass is 351 g/mol. The summed E-state index contributed by atoms with van der Waals surface area (Å²) in [4.78, 5) is 16.5. The highest BCUT2D eigenvalue weighted by molar-refractivity contribution is 9.10. The maximum atomic E-state index is 12.1. The van der Waals surface area contributed by atoms with Crippen LogP contribution in [0.1, 0.15) is 25.5 Å². The predicted molar refractivity (Wildman–Crippen MR) is 86.0 cm³/mol. The lowest BCUT2D eigenvalue weighted by molar-refractivity contribution is -0.117. The first-order valence-corrected chi connectivity index (χ1v) is 7.60. The average Bonchev–Trinajstić information content (AvgIpc) is 2.84. The van der Waals surface area contributed by atoms with E-state index in [1.165, 1.54) is 0 Å². The number of amides is 1. The highest BCUT2D eigenvalue weighted by atomic mass is 79.9. The van der Waals surface area contributed by atoms with Gasteiger partial charge in [0.2, 0.25) is 5.91 Å². The Hall–Kier alpha value is -1.89. The van der Waals surface area contributed by atoms with Gasteiger partial charge in [-0.15, -0.1) is 0 Å². The molecule has 6 nitrogen and oxygen atoms in total. The summed E-state index contributed by atoms with van der Waals surface area (Å²) in [7, 11) is 0. The molecule has 0 radical (unpaired) electrons. The Labute approximate surface area is 131 Å². The van der Waals surface area contributed by atoms with Crippen molar-refractivity contribution in [2.75, 3.05) is 11.1 Å². The van der Waals surface area contributed by atoms with E-state index in [-0.39, 0.29) is 12.5 Å². The van der Waals surface area contributed by atoms with Crippen LogP contribution in [0, 0.1) is 0 Å². The summed E-state index contributed by atoms with van der Waals surface area (Å²) in [6.07, 6.45) is 1.50. The molecule has 0 saturated carbocycles. The Balaban J connectivity index is 2.09. The van der Waals surface area contributed by atoms with Gasteiger partial charge < -0.3 is 11.1 Å². The molecule has 3 N–H and O–H groups in total. The van der Waals surface area contributed by atoms with Crippen molar-refractivity contribution in [2.45, 2.75) is 33.2 Å². The molecule has 0 aliphatic carbocycles. The molecule has 0 fully saturated rings. The standard InChI is InChI=1S/C14H18BrN5O/c1-3-12-18-13(4-2)20(19-12)8-14(21)17-11-6-5-9(16)7-10(11)15/h5-7H,3-4,8,16H2,1-2H3,(H,17,21). The van der Waals surface area contributed by atoms with Gasteiger partial charge in [-0.1, -0.05) is 13.8 Å². The molecule has 1 aromatic heterocycles. The number of halogens is 1. The second kappa shape index (κ2) is 6.71. The minimum Gasteiger partial charge on any atom is -0.399 e. The van der Waals surface area contributed by atoms with Gasteiger partial charge in [-0.25, -0.2) is 9.67 Å². The number of rotatable bonds is 5. The molecule has 2 rings (SSSR count). The van der Waals surface area contributed by atoms with Crippen molar-refractivity contribution in [3.8, 4) is 0 Å². The Morgan fingerprint density at radius 3 is 2.76 bits per heavy atom. The van der Waals surface area contributed by atoms with Crippen LogP contribution in [0.25, 0.3) is 0 Å². The molecule has 0 saturated heterocycles. The zero-order valence-corrected chi connectivity index (χ0v) is 13.6. The summed E-state index contributed by atoms with van der Waals surface area (Å²) >= 11 is 3.37. The van der Waals surface area contributed by atoms with Gasteiger partial charge in [-0.2, -0.15) is 5.10 Å². The van der Waals surface area contributed by atoms with Crippen LogP contribution in [0.5, 0.6) is 0 Å². The number of aromatic nitrogens is 3. The minimum atomic E-state index is -0.150. The summed E-state index contributed by atoms with van der Waals surface area (Å²) in [5, 5.41) is 7.17. The van der Waals surface area contributed by atoms with Gasteiger partial charge in [-0.05, 0) is 34.1 Å². The lowest BCUT2D eigenvalue weighted by Crippen LogP contribution is -2.21.